The van der Waals surface area contributed by atoms with Gasteiger partial charge in [0.2, 0.25) is 0 Å². The van der Waals surface area contributed by atoms with E-state index in [2.05, 4.69) is 59.2 Å². The lowest BCUT2D eigenvalue weighted by Crippen LogP contribution is -2.26. The van der Waals surface area contributed by atoms with Crippen molar-refractivity contribution >= 4 is 19.3 Å². The highest BCUT2D eigenvalue weighted by molar-refractivity contribution is 7.58. The van der Waals surface area contributed by atoms with Gasteiger partial charge < -0.3 is 0 Å². The summed E-state index contributed by atoms with van der Waals surface area (Å²) in [6.07, 6.45) is 4.23. The third kappa shape index (κ3) is 3.14. The van der Waals surface area contributed by atoms with Gasteiger partial charge >= 0.3 is 0 Å². The lowest BCUT2D eigenvalue weighted by molar-refractivity contribution is 0.598. The first kappa shape index (κ1) is 17.2. The highest BCUT2D eigenvalue weighted by Crippen LogP contribution is 2.55. The van der Waals surface area contributed by atoms with Crippen LogP contribution in [-0.4, -0.2) is 24.7 Å². The zero-order valence-corrected chi connectivity index (χ0v) is 16.5. The summed E-state index contributed by atoms with van der Waals surface area (Å²) in [5, 5.41) is 0. The topological polar surface area (TPSA) is 12.4 Å². The molecule has 0 spiro atoms. The van der Waals surface area contributed by atoms with E-state index >= 15 is 0 Å². The van der Waals surface area contributed by atoms with Crippen molar-refractivity contribution in [3.8, 4) is 0 Å². The smallest absolute Gasteiger partial charge is 0.0698 e. The number of hydrogen-bond acceptors (Lipinski definition) is 1. The first-order valence-electron chi connectivity index (χ1n) is 9.27. The highest BCUT2D eigenvalue weighted by atomic mass is 31.1. The average Bonchev–Trinajstić information content (AvgIpc) is 3.07. The summed E-state index contributed by atoms with van der Waals surface area (Å²) in [5.41, 5.74) is 6.52. The molecular formula is C21H32NP. The van der Waals surface area contributed by atoms with Crippen molar-refractivity contribution in [2.75, 3.05) is 13.3 Å². The zero-order chi connectivity index (χ0) is 16.7. The molecule has 2 aliphatic rings. The minimum atomic E-state index is 0.0675. The monoisotopic (exact) mass is 329 g/mol. The van der Waals surface area contributed by atoms with Crippen LogP contribution in [0.2, 0.25) is 0 Å². The molecule has 0 aromatic heterocycles. The fourth-order valence-electron chi connectivity index (χ4n) is 4.67. The molecule has 2 aliphatic carbocycles. The van der Waals surface area contributed by atoms with E-state index in [1.807, 2.05) is 0 Å². The Hall–Kier alpha value is -0.680. The van der Waals surface area contributed by atoms with E-state index in [1.54, 1.807) is 5.71 Å². The number of rotatable bonds is 4. The Labute approximate surface area is 143 Å². The molecule has 0 amide bonds. The number of aliphatic imine (C=N–C) groups is 1. The standard InChI is InChI=1S/C21H32NP/c1-13(2)17-8-7-9-18(14(3)4)20(17)22-19-15-10-11-16(12-15)21(19)23(5)6/h7-9,13-16,21H,10-12H2,1-6H3. The van der Waals surface area contributed by atoms with Crippen LogP contribution in [0, 0.1) is 11.8 Å². The molecule has 23 heavy (non-hydrogen) atoms. The minimum absolute atomic E-state index is 0.0675. The Morgan fingerprint density at radius 2 is 1.61 bits per heavy atom. The molecule has 2 fully saturated rings. The second-order valence-corrected chi connectivity index (χ2v) is 10.8. The molecule has 2 bridgehead atoms. The van der Waals surface area contributed by atoms with E-state index in [4.69, 9.17) is 4.99 Å². The van der Waals surface area contributed by atoms with Gasteiger partial charge in [-0.15, -0.1) is 7.92 Å². The molecule has 0 saturated heterocycles. The predicted molar refractivity (Wildman–Crippen MR) is 105 cm³/mol. The van der Waals surface area contributed by atoms with Crippen molar-refractivity contribution < 1.29 is 0 Å². The normalized spacial score (nSPS) is 28.7. The van der Waals surface area contributed by atoms with E-state index in [0.717, 1.165) is 17.5 Å². The van der Waals surface area contributed by atoms with Crippen molar-refractivity contribution in [3.05, 3.63) is 29.3 Å². The van der Waals surface area contributed by atoms with Gasteiger partial charge in [-0.1, -0.05) is 45.9 Å². The van der Waals surface area contributed by atoms with Crippen LogP contribution in [0.3, 0.4) is 0 Å². The van der Waals surface area contributed by atoms with Crippen molar-refractivity contribution in [1.29, 1.82) is 0 Å². The summed E-state index contributed by atoms with van der Waals surface area (Å²) in [5.74, 6) is 2.77. The van der Waals surface area contributed by atoms with Crippen LogP contribution in [0.1, 0.15) is 69.9 Å². The molecule has 2 saturated carbocycles. The molecule has 1 aromatic carbocycles. The molecule has 0 heterocycles. The largest absolute Gasteiger partial charge is 0.256 e. The minimum Gasteiger partial charge on any atom is -0.256 e. The molecule has 2 heteroatoms. The third-order valence-electron chi connectivity index (χ3n) is 5.78. The fourth-order valence-corrected chi connectivity index (χ4v) is 6.58. The molecule has 126 valence electrons. The Morgan fingerprint density at radius 3 is 2.13 bits per heavy atom. The summed E-state index contributed by atoms with van der Waals surface area (Å²) in [6, 6.07) is 6.80. The van der Waals surface area contributed by atoms with Gasteiger partial charge in [-0.25, -0.2) is 0 Å². The number of benzene rings is 1. The maximum atomic E-state index is 5.42. The van der Waals surface area contributed by atoms with E-state index < -0.39 is 0 Å². The van der Waals surface area contributed by atoms with Crippen LogP contribution in [0.4, 0.5) is 5.69 Å². The van der Waals surface area contributed by atoms with E-state index in [1.165, 1.54) is 36.1 Å². The van der Waals surface area contributed by atoms with Crippen molar-refractivity contribution in [2.45, 2.75) is 64.5 Å². The SMILES string of the molecule is CC(C)c1cccc(C(C)C)c1N=C1C2CCC(C2)C1P(C)C. The van der Waals surface area contributed by atoms with Gasteiger partial charge in [0.25, 0.3) is 0 Å². The van der Waals surface area contributed by atoms with Crippen LogP contribution in [0.25, 0.3) is 0 Å². The van der Waals surface area contributed by atoms with Crippen LogP contribution in [-0.2, 0) is 0 Å². The van der Waals surface area contributed by atoms with Gasteiger partial charge in [0, 0.05) is 11.4 Å². The van der Waals surface area contributed by atoms with Crippen LogP contribution >= 0.6 is 7.92 Å². The van der Waals surface area contributed by atoms with E-state index in [-0.39, 0.29) is 7.92 Å². The molecule has 0 N–H and O–H groups in total. The van der Waals surface area contributed by atoms with Crippen LogP contribution in [0.5, 0.6) is 0 Å². The second kappa shape index (κ2) is 6.67. The fraction of sp³-hybridized carbons (Fsp3) is 0.667. The van der Waals surface area contributed by atoms with Crippen molar-refractivity contribution in [2.24, 2.45) is 16.8 Å². The molecule has 1 nitrogen and oxygen atoms in total. The van der Waals surface area contributed by atoms with Gasteiger partial charge in [-0.2, -0.15) is 0 Å². The quantitative estimate of drug-likeness (QED) is 0.556. The van der Waals surface area contributed by atoms with Crippen LogP contribution in [0.15, 0.2) is 23.2 Å². The lowest BCUT2D eigenvalue weighted by atomic mass is 9.92. The summed E-state index contributed by atoms with van der Waals surface area (Å²) in [4.78, 5) is 5.42. The Kier molecular flexibility index (Phi) is 4.98. The molecule has 3 rings (SSSR count). The third-order valence-corrected chi connectivity index (χ3v) is 7.58. The van der Waals surface area contributed by atoms with Crippen molar-refractivity contribution in [3.63, 3.8) is 0 Å². The number of nitrogens with zero attached hydrogens (tertiary/aromatic N) is 1. The summed E-state index contributed by atoms with van der Waals surface area (Å²) < 4.78 is 0. The number of hydrogen-bond donors (Lipinski definition) is 0. The maximum Gasteiger partial charge on any atom is 0.0698 e. The number of para-hydroxylation sites is 1. The number of fused-ring (bicyclic) bond motifs is 2. The predicted octanol–water partition coefficient (Wildman–Crippen LogP) is 6.55. The van der Waals surface area contributed by atoms with E-state index in [0.29, 0.717) is 11.8 Å². The Bertz CT molecular complexity index is 574. The highest BCUT2D eigenvalue weighted by Gasteiger charge is 2.46. The first-order valence-corrected chi connectivity index (χ1v) is 11.6. The van der Waals surface area contributed by atoms with Gasteiger partial charge in [0.05, 0.1) is 5.69 Å². The van der Waals surface area contributed by atoms with Crippen molar-refractivity contribution in [1.82, 2.24) is 0 Å². The summed E-state index contributed by atoms with van der Waals surface area (Å²) >= 11 is 0. The molecule has 1 aromatic rings. The molecule has 3 unspecified atom stereocenters. The van der Waals surface area contributed by atoms with Crippen LogP contribution < -0.4 is 0 Å². The first-order chi connectivity index (χ1) is 10.9. The van der Waals surface area contributed by atoms with Gasteiger partial charge in [-0.05, 0) is 67.4 Å². The van der Waals surface area contributed by atoms with Gasteiger partial charge in [-0.3, -0.25) is 4.99 Å². The zero-order valence-electron chi connectivity index (χ0n) is 15.6. The Balaban J connectivity index is 2.11. The second-order valence-electron chi connectivity index (χ2n) is 8.31. The summed E-state index contributed by atoms with van der Waals surface area (Å²) in [7, 11) is 0.0675. The molecule has 0 radical (unpaired) electrons. The average molecular weight is 329 g/mol. The van der Waals surface area contributed by atoms with E-state index in [9.17, 15) is 0 Å². The summed E-state index contributed by atoms with van der Waals surface area (Å²) in [6.45, 7) is 14.1. The lowest BCUT2D eigenvalue weighted by Gasteiger charge is -2.28. The van der Waals surface area contributed by atoms with Gasteiger partial charge in [0.1, 0.15) is 0 Å². The Morgan fingerprint density at radius 1 is 1.00 bits per heavy atom. The molecule has 3 atom stereocenters. The maximum absolute atomic E-state index is 5.42. The molecule has 0 aliphatic heterocycles. The molecular weight excluding hydrogens is 297 g/mol. The van der Waals surface area contributed by atoms with Gasteiger partial charge in [0.15, 0.2) is 0 Å².